The summed E-state index contributed by atoms with van der Waals surface area (Å²) in [4.78, 5) is 4.27. The van der Waals surface area contributed by atoms with Crippen LogP contribution in [-0.2, 0) is 6.54 Å². The number of nitrogens with one attached hydrogen (secondary N) is 1. The lowest BCUT2D eigenvalue weighted by Crippen LogP contribution is -2.22. The highest BCUT2D eigenvalue weighted by molar-refractivity contribution is 5.66. The molecule has 1 heterocycles. The summed E-state index contributed by atoms with van der Waals surface area (Å²) in [6.07, 6.45) is 1.85. The minimum absolute atomic E-state index is 0.474. The van der Waals surface area contributed by atoms with Crippen molar-refractivity contribution in [1.82, 2.24) is 10.3 Å². The van der Waals surface area contributed by atoms with Gasteiger partial charge in [-0.25, -0.2) is 4.98 Å². The van der Waals surface area contributed by atoms with E-state index in [0.717, 1.165) is 12.1 Å². The number of hydrogen-bond acceptors (Lipinski definition) is 3. The molecule has 1 aromatic carbocycles. The Morgan fingerprint density at radius 1 is 1.16 bits per heavy atom. The van der Waals surface area contributed by atoms with Crippen LogP contribution in [0.5, 0.6) is 5.88 Å². The summed E-state index contributed by atoms with van der Waals surface area (Å²) in [5, 5.41) is 3.45. The topological polar surface area (TPSA) is 34.1 Å². The molecule has 0 spiro atoms. The van der Waals surface area contributed by atoms with Crippen LogP contribution in [0.4, 0.5) is 0 Å². The Balaban J connectivity index is 2.27. The van der Waals surface area contributed by atoms with Gasteiger partial charge in [-0.15, -0.1) is 0 Å². The molecule has 0 bridgehead atoms. The van der Waals surface area contributed by atoms with Crippen molar-refractivity contribution >= 4 is 0 Å². The van der Waals surface area contributed by atoms with E-state index in [0.29, 0.717) is 11.9 Å². The van der Waals surface area contributed by atoms with Crippen LogP contribution in [0.3, 0.4) is 0 Å². The van der Waals surface area contributed by atoms with Gasteiger partial charge in [0.1, 0.15) is 0 Å². The minimum atomic E-state index is 0.474. The van der Waals surface area contributed by atoms with Crippen LogP contribution in [0.25, 0.3) is 11.1 Å². The van der Waals surface area contributed by atoms with Crippen LogP contribution in [0.15, 0.2) is 42.6 Å². The molecule has 2 aromatic rings. The molecule has 100 valence electrons. The summed E-state index contributed by atoms with van der Waals surface area (Å²) in [6, 6.07) is 12.8. The normalized spacial score (nSPS) is 10.7. The highest BCUT2D eigenvalue weighted by atomic mass is 16.5. The van der Waals surface area contributed by atoms with Gasteiger partial charge in [-0.2, -0.15) is 0 Å². The van der Waals surface area contributed by atoms with Crippen LogP contribution in [0.2, 0.25) is 0 Å². The van der Waals surface area contributed by atoms with Crippen molar-refractivity contribution in [2.45, 2.75) is 26.4 Å². The Kier molecular flexibility index (Phi) is 4.53. The highest BCUT2D eigenvalue weighted by Gasteiger charge is 2.05. The summed E-state index contributed by atoms with van der Waals surface area (Å²) in [5.41, 5.74) is 3.61. The molecule has 0 aliphatic rings. The van der Waals surface area contributed by atoms with Crippen LogP contribution in [-0.4, -0.2) is 18.1 Å². The Bertz CT molecular complexity index is 521. The minimum Gasteiger partial charge on any atom is -0.481 e. The average molecular weight is 256 g/mol. The molecule has 0 atom stereocenters. The van der Waals surface area contributed by atoms with Gasteiger partial charge in [-0.1, -0.05) is 38.1 Å². The van der Waals surface area contributed by atoms with Crippen molar-refractivity contribution in [2.75, 3.05) is 7.11 Å². The van der Waals surface area contributed by atoms with Gasteiger partial charge in [0, 0.05) is 30.4 Å². The fourth-order valence-electron chi connectivity index (χ4n) is 1.93. The number of hydrogen-bond donors (Lipinski definition) is 1. The summed E-state index contributed by atoms with van der Waals surface area (Å²) < 4.78 is 5.09. The summed E-state index contributed by atoms with van der Waals surface area (Å²) in [5.74, 6) is 0.640. The molecule has 19 heavy (non-hydrogen) atoms. The first-order valence-corrected chi connectivity index (χ1v) is 6.52. The molecule has 0 unspecified atom stereocenters. The van der Waals surface area contributed by atoms with Gasteiger partial charge >= 0.3 is 0 Å². The molecule has 0 saturated heterocycles. The molecule has 3 nitrogen and oxygen atoms in total. The lowest BCUT2D eigenvalue weighted by atomic mass is 10.0. The number of nitrogens with zero attached hydrogens (tertiary/aromatic N) is 1. The van der Waals surface area contributed by atoms with Crippen molar-refractivity contribution < 1.29 is 4.74 Å². The van der Waals surface area contributed by atoms with Crippen LogP contribution >= 0.6 is 0 Å². The SMILES string of the molecule is COc1ccc(-c2ccccc2CNC(C)C)cn1. The van der Waals surface area contributed by atoms with E-state index in [1.807, 2.05) is 18.3 Å². The van der Waals surface area contributed by atoms with Crippen LogP contribution in [0, 0.1) is 0 Å². The van der Waals surface area contributed by atoms with Crippen LogP contribution < -0.4 is 10.1 Å². The molecule has 1 aromatic heterocycles. The van der Waals surface area contributed by atoms with Gasteiger partial charge in [0.05, 0.1) is 7.11 Å². The first-order chi connectivity index (χ1) is 9.20. The molecule has 0 fully saturated rings. The first-order valence-electron chi connectivity index (χ1n) is 6.52. The maximum absolute atomic E-state index is 5.09. The molecule has 0 amide bonds. The van der Waals surface area contributed by atoms with Crippen molar-refractivity contribution in [3.05, 3.63) is 48.2 Å². The molecule has 0 saturated carbocycles. The maximum atomic E-state index is 5.09. The predicted molar refractivity (Wildman–Crippen MR) is 78.2 cm³/mol. The second-order valence-corrected chi connectivity index (χ2v) is 4.78. The van der Waals surface area contributed by atoms with E-state index in [1.165, 1.54) is 11.1 Å². The Morgan fingerprint density at radius 3 is 2.58 bits per heavy atom. The average Bonchev–Trinajstić information content (AvgIpc) is 2.45. The maximum Gasteiger partial charge on any atom is 0.212 e. The lowest BCUT2D eigenvalue weighted by molar-refractivity contribution is 0.398. The van der Waals surface area contributed by atoms with Crippen molar-refractivity contribution in [2.24, 2.45) is 0 Å². The largest absolute Gasteiger partial charge is 0.481 e. The summed E-state index contributed by atoms with van der Waals surface area (Å²) >= 11 is 0. The van der Waals surface area contributed by atoms with Gasteiger partial charge in [0.25, 0.3) is 0 Å². The smallest absolute Gasteiger partial charge is 0.212 e. The molecule has 1 N–H and O–H groups in total. The monoisotopic (exact) mass is 256 g/mol. The molecule has 0 aliphatic heterocycles. The zero-order valence-electron chi connectivity index (χ0n) is 11.7. The number of aromatic nitrogens is 1. The number of benzene rings is 1. The molecule has 0 aliphatic carbocycles. The molecular formula is C16H20N2O. The van der Waals surface area contributed by atoms with Gasteiger partial charge in [0.15, 0.2) is 0 Å². The van der Waals surface area contributed by atoms with Crippen molar-refractivity contribution in [3.8, 4) is 17.0 Å². The number of rotatable bonds is 5. The number of pyridine rings is 1. The predicted octanol–water partition coefficient (Wildman–Crippen LogP) is 3.26. The second-order valence-electron chi connectivity index (χ2n) is 4.78. The van der Waals surface area contributed by atoms with E-state index in [2.05, 4.69) is 48.4 Å². The van der Waals surface area contributed by atoms with Gasteiger partial charge in [0.2, 0.25) is 5.88 Å². The zero-order chi connectivity index (χ0) is 13.7. The Labute approximate surface area is 114 Å². The van der Waals surface area contributed by atoms with Gasteiger partial charge in [-0.05, 0) is 17.2 Å². The van der Waals surface area contributed by atoms with E-state index in [9.17, 15) is 0 Å². The molecule has 0 radical (unpaired) electrons. The Morgan fingerprint density at radius 2 is 1.95 bits per heavy atom. The van der Waals surface area contributed by atoms with E-state index in [-0.39, 0.29) is 0 Å². The lowest BCUT2D eigenvalue weighted by Gasteiger charge is -2.12. The quantitative estimate of drug-likeness (QED) is 0.891. The van der Waals surface area contributed by atoms with E-state index in [1.54, 1.807) is 7.11 Å². The van der Waals surface area contributed by atoms with Gasteiger partial charge in [-0.3, -0.25) is 0 Å². The third-order valence-corrected chi connectivity index (χ3v) is 2.97. The first kappa shape index (κ1) is 13.6. The van der Waals surface area contributed by atoms with Crippen LogP contribution in [0.1, 0.15) is 19.4 Å². The standard InChI is InChI=1S/C16H20N2O/c1-12(2)17-10-13-6-4-5-7-15(13)14-8-9-16(19-3)18-11-14/h4-9,11-12,17H,10H2,1-3H3. The second kappa shape index (κ2) is 6.34. The van der Waals surface area contributed by atoms with Crippen molar-refractivity contribution in [3.63, 3.8) is 0 Å². The zero-order valence-corrected chi connectivity index (χ0v) is 11.7. The Hall–Kier alpha value is -1.87. The highest BCUT2D eigenvalue weighted by Crippen LogP contribution is 2.24. The summed E-state index contributed by atoms with van der Waals surface area (Å²) in [6.45, 7) is 5.16. The van der Waals surface area contributed by atoms with E-state index >= 15 is 0 Å². The third-order valence-electron chi connectivity index (χ3n) is 2.97. The number of ether oxygens (including phenoxy) is 1. The van der Waals surface area contributed by atoms with E-state index < -0.39 is 0 Å². The van der Waals surface area contributed by atoms with E-state index in [4.69, 9.17) is 4.74 Å². The van der Waals surface area contributed by atoms with Crippen molar-refractivity contribution in [1.29, 1.82) is 0 Å². The van der Waals surface area contributed by atoms with Gasteiger partial charge < -0.3 is 10.1 Å². The number of methoxy groups -OCH3 is 1. The fraction of sp³-hybridized carbons (Fsp3) is 0.312. The molecule has 3 heteroatoms. The molecule has 2 rings (SSSR count). The summed E-state index contributed by atoms with van der Waals surface area (Å²) in [7, 11) is 1.63. The molecular weight excluding hydrogens is 236 g/mol. The third kappa shape index (κ3) is 3.55. The fourth-order valence-corrected chi connectivity index (χ4v) is 1.93.